The molecule has 2 aromatic carbocycles. The van der Waals surface area contributed by atoms with Gasteiger partial charge in [-0.25, -0.2) is 4.79 Å². The highest BCUT2D eigenvalue weighted by Gasteiger charge is 2.17. The van der Waals surface area contributed by atoms with E-state index >= 15 is 0 Å². The molecule has 0 aliphatic carbocycles. The molecular weight excluding hydrogens is 358 g/mol. The van der Waals surface area contributed by atoms with Gasteiger partial charge >= 0.3 is 6.09 Å². The fraction of sp³-hybridized carbons (Fsp3) is 0.364. The first-order chi connectivity index (χ1) is 13.4. The third-order valence-corrected chi connectivity index (χ3v) is 3.69. The summed E-state index contributed by atoms with van der Waals surface area (Å²) in [5.41, 5.74) is 2.69. The lowest BCUT2D eigenvalue weighted by Crippen LogP contribution is -2.38. The maximum Gasteiger partial charge on any atom is 0.407 e. The SMILES string of the molecule is CC(C)(C)OC(=O)NC[C@@H](C=O)OCOCc1ccc(-c2ccccc2)cc1. The van der Waals surface area contributed by atoms with Crippen LogP contribution in [0.15, 0.2) is 54.6 Å². The van der Waals surface area contributed by atoms with Gasteiger partial charge in [0.1, 0.15) is 18.5 Å². The average Bonchev–Trinajstić information content (AvgIpc) is 2.67. The summed E-state index contributed by atoms with van der Waals surface area (Å²) in [6, 6.07) is 18.2. The zero-order valence-corrected chi connectivity index (χ0v) is 16.5. The van der Waals surface area contributed by atoms with Crippen molar-refractivity contribution in [1.82, 2.24) is 5.32 Å². The summed E-state index contributed by atoms with van der Waals surface area (Å²) >= 11 is 0. The summed E-state index contributed by atoms with van der Waals surface area (Å²) in [6.45, 7) is 5.62. The number of alkyl carbamates (subject to hydrolysis) is 1. The Morgan fingerprint density at radius 2 is 1.68 bits per heavy atom. The Hall–Kier alpha value is -2.70. The molecule has 0 aliphatic rings. The van der Waals surface area contributed by atoms with Crippen molar-refractivity contribution in [3.8, 4) is 11.1 Å². The molecule has 0 radical (unpaired) electrons. The van der Waals surface area contributed by atoms with E-state index in [-0.39, 0.29) is 13.3 Å². The van der Waals surface area contributed by atoms with Crippen LogP contribution in [0.25, 0.3) is 11.1 Å². The van der Waals surface area contributed by atoms with E-state index in [2.05, 4.69) is 17.4 Å². The molecule has 0 unspecified atom stereocenters. The Morgan fingerprint density at radius 1 is 1.04 bits per heavy atom. The molecule has 0 heterocycles. The topological polar surface area (TPSA) is 73.9 Å². The summed E-state index contributed by atoms with van der Waals surface area (Å²) in [5, 5.41) is 2.50. The second-order valence-electron chi connectivity index (χ2n) is 7.25. The highest BCUT2D eigenvalue weighted by molar-refractivity contribution is 5.68. The molecule has 0 saturated heterocycles. The molecule has 6 heteroatoms. The molecule has 0 fully saturated rings. The summed E-state index contributed by atoms with van der Waals surface area (Å²) in [7, 11) is 0. The fourth-order valence-corrected chi connectivity index (χ4v) is 2.36. The van der Waals surface area contributed by atoms with Gasteiger partial charge in [0.15, 0.2) is 6.29 Å². The summed E-state index contributed by atoms with van der Waals surface area (Å²) in [5.74, 6) is 0. The van der Waals surface area contributed by atoms with Gasteiger partial charge in [-0.1, -0.05) is 54.6 Å². The van der Waals surface area contributed by atoms with E-state index in [1.165, 1.54) is 0 Å². The molecular formula is C22H27NO5. The van der Waals surface area contributed by atoms with Gasteiger partial charge in [0.2, 0.25) is 0 Å². The highest BCUT2D eigenvalue weighted by Crippen LogP contribution is 2.19. The van der Waals surface area contributed by atoms with Gasteiger partial charge in [0.05, 0.1) is 13.2 Å². The van der Waals surface area contributed by atoms with Gasteiger partial charge in [0, 0.05) is 0 Å². The number of benzene rings is 2. The Morgan fingerprint density at radius 3 is 2.29 bits per heavy atom. The van der Waals surface area contributed by atoms with Crippen molar-refractivity contribution in [1.29, 1.82) is 0 Å². The number of nitrogens with one attached hydrogen (secondary N) is 1. The Labute approximate surface area is 165 Å². The number of hydrogen-bond acceptors (Lipinski definition) is 5. The lowest BCUT2D eigenvalue weighted by molar-refractivity contribution is -0.131. The third kappa shape index (κ3) is 7.90. The number of rotatable bonds is 9. The van der Waals surface area contributed by atoms with Crippen LogP contribution in [0.2, 0.25) is 0 Å². The number of amides is 1. The van der Waals surface area contributed by atoms with Crippen LogP contribution < -0.4 is 5.32 Å². The molecule has 0 saturated carbocycles. The molecule has 0 bridgehead atoms. The van der Waals surface area contributed by atoms with Crippen LogP contribution in [0.1, 0.15) is 26.3 Å². The van der Waals surface area contributed by atoms with Gasteiger partial charge in [-0.15, -0.1) is 0 Å². The van der Waals surface area contributed by atoms with Crippen molar-refractivity contribution in [2.75, 3.05) is 13.3 Å². The van der Waals surface area contributed by atoms with Crippen molar-refractivity contribution < 1.29 is 23.8 Å². The highest BCUT2D eigenvalue weighted by atomic mass is 16.7. The van der Waals surface area contributed by atoms with E-state index in [0.29, 0.717) is 12.9 Å². The third-order valence-electron chi connectivity index (χ3n) is 3.69. The number of ether oxygens (including phenoxy) is 3. The second-order valence-corrected chi connectivity index (χ2v) is 7.25. The molecule has 150 valence electrons. The fourth-order valence-electron chi connectivity index (χ4n) is 2.36. The van der Waals surface area contributed by atoms with Gasteiger partial charge in [-0.2, -0.15) is 0 Å². The molecule has 1 N–H and O–H groups in total. The number of carbonyl (C=O) groups is 2. The van der Waals surface area contributed by atoms with Crippen molar-refractivity contribution >= 4 is 12.4 Å². The van der Waals surface area contributed by atoms with E-state index in [9.17, 15) is 9.59 Å². The van der Waals surface area contributed by atoms with Crippen LogP contribution in [-0.4, -0.2) is 37.4 Å². The standard InChI is InChI=1S/C22H27NO5/c1-22(2,3)28-21(25)23-13-20(14-24)27-16-26-15-17-9-11-19(12-10-17)18-7-5-4-6-8-18/h4-12,14,20H,13,15-16H2,1-3H3,(H,23,25)/t20-/m0/s1. The first-order valence-electron chi connectivity index (χ1n) is 9.13. The van der Waals surface area contributed by atoms with Crippen LogP contribution >= 0.6 is 0 Å². The van der Waals surface area contributed by atoms with E-state index in [1.54, 1.807) is 20.8 Å². The van der Waals surface area contributed by atoms with Gasteiger partial charge in [0.25, 0.3) is 0 Å². The molecule has 0 aromatic heterocycles. The van der Waals surface area contributed by atoms with E-state index < -0.39 is 17.8 Å². The normalized spacial score (nSPS) is 12.2. The lowest BCUT2D eigenvalue weighted by Gasteiger charge is -2.20. The summed E-state index contributed by atoms with van der Waals surface area (Å²) in [4.78, 5) is 22.7. The van der Waals surface area contributed by atoms with Crippen molar-refractivity contribution in [3.05, 3.63) is 60.2 Å². The van der Waals surface area contributed by atoms with Crippen molar-refractivity contribution in [2.24, 2.45) is 0 Å². The van der Waals surface area contributed by atoms with Crippen molar-refractivity contribution in [2.45, 2.75) is 39.1 Å². The summed E-state index contributed by atoms with van der Waals surface area (Å²) < 4.78 is 15.9. The lowest BCUT2D eigenvalue weighted by atomic mass is 10.0. The van der Waals surface area contributed by atoms with Gasteiger partial charge in [-0.3, -0.25) is 0 Å². The van der Waals surface area contributed by atoms with E-state index in [1.807, 2.05) is 42.5 Å². The Balaban J connectivity index is 1.69. The molecule has 28 heavy (non-hydrogen) atoms. The average molecular weight is 385 g/mol. The Kier molecular flexibility index (Phi) is 8.17. The zero-order chi connectivity index (χ0) is 20.4. The second kappa shape index (κ2) is 10.6. The van der Waals surface area contributed by atoms with Gasteiger partial charge in [-0.05, 0) is 37.5 Å². The van der Waals surface area contributed by atoms with Crippen LogP contribution in [0.3, 0.4) is 0 Å². The van der Waals surface area contributed by atoms with Crippen LogP contribution in [-0.2, 0) is 25.6 Å². The van der Waals surface area contributed by atoms with Crippen molar-refractivity contribution in [3.63, 3.8) is 0 Å². The minimum atomic E-state index is -0.798. The minimum Gasteiger partial charge on any atom is -0.444 e. The molecule has 6 nitrogen and oxygen atoms in total. The van der Waals surface area contributed by atoms with E-state index in [4.69, 9.17) is 14.2 Å². The predicted molar refractivity (Wildman–Crippen MR) is 107 cm³/mol. The molecule has 2 rings (SSSR count). The first-order valence-corrected chi connectivity index (χ1v) is 9.13. The molecule has 0 aliphatic heterocycles. The van der Waals surface area contributed by atoms with Crippen LogP contribution in [0.4, 0.5) is 4.79 Å². The number of carbonyl (C=O) groups excluding carboxylic acids is 2. The van der Waals surface area contributed by atoms with E-state index in [0.717, 1.165) is 16.7 Å². The maximum absolute atomic E-state index is 11.6. The zero-order valence-electron chi connectivity index (χ0n) is 16.5. The predicted octanol–water partition coefficient (Wildman–Crippen LogP) is 3.94. The largest absolute Gasteiger partial charge is 0.444 e. The quantitative estimate of drug-likeness (QED) is 0.402. The summed E-state index contributed by atoms with van der Waals surface area (Å²) in [6.07, 6.45) is -0.773. The molecule has 1 amide bonds. The minimum absolute atomic E-state index is 0.0214. The monoisotopic (exact) mass is 385 g/mol. The molecule has 1 atom stereocenters. The van der Waals surface area contributed by atoms with Gasteiger partial charge < -0.3 is 24.3 Å². The Bertz CT molecular complexity index is 738. The number of hydrogen-bond donors (Lipinski definition) is 1. The smallest absolute Gasteiger partial charge is 0.407 e. The molecule has 2 aromatic rings. The van der Waals surface area contributed by atoms with Crippen LogP contribution in [0.5, 0.6) is 0 Å². The maximum atomic E-state index is 11.6. The number of aldehydes is 1. The van der Waals surface area contributed by atoms with Crippen LogP contribution in [0, 0.1) is 0 Å². The molecule has 0 spiro atoms. The first kappa shape index (κ1) is 21.6.